The molecular weight excluding hydrogens is 380 g/mol. The Morgan fingerprint density at radius 1 is 1.27 bits per heavy atom. The van der Waals surface area contributed by atoms with E-state index < -0.39 is 12.1 Å². The van der Waals surface area contributed by atoms with Crippen LogP contribution in [0, 0.1) is 23.7 Å². The van der Waals surface area contributed by atoms with Crippen molar-refractivity contribution in [2.45, 2.75) is 92.6 Å². The number of cyclic esters (lactones) is 1. The highest BCUT2D eigenvalue weighted by atomic mass is 16.5. The summed E-state index contributed by atoms with van der Waals surface area (Å²) >= 11 is 0. The number of carboxylic acids is 1. The molecule has 5 atom stereocenters. The van der Waals surface area contributed by atoms with Gasteiger partial charge in [-0.15, -0.1) is 0 Å². The third-order valence-electron chi connectivity index (χ3n) is 5.93. The van der Waals surface area contributed by atoms with Crippen LogP contribution in [0.15, 0.2) is 23.8 Å². The molecule has 1 heterocycles. The lowest BCUT2D eigenvalue weighted by molar-refractivity contribution is -0.151. The fraction of sp³-hybridized carbons (Fsp3) is 0.760. The molecule has 0 amide bonds. The van der Waals surface area contributed by atoms with Crippen molar-refractivity contribution in [1.29, 1.82) is 0 Å². The van der Waals surface area contributed by atoms with Crippen LogP contribution in [0.4, 0.5) is 0 Å². The zero-order chi connectivity index (χ0) is 23.1. The number of carbonyl (C=O) groups is 2. The van der Waals surface area contributed by atoms with Gasteiger partial charge in [0.1, 0.15) is 0 Å². The Morgan fingerprint density at radius 3 is 2.37 bits per heavy atom. The van der Waals surface area contributed by atoms with Crippen molar-refractivity contribution < 1.29 is 24.5 Å². The van der Waals surface area contributed by atoms with Gasteiger partial charge in [-0.25, -0.2) is 0 Å². The van der Waals surface area contributed by atoms with Crippen LogP contribution in [-0.4, -0.2) is 34.9 Å². The molecule has 0 bridgehead atoms. The second-order valence-corrected chi connectivity index (χ2v) is 8.05. The number of hydrogen-bond acceptors (Lipinski definition) is 4. The molecule has 0 aromatic rings. The highest BCUT2D eigenvalue weighted by Gasteiger charge is 2.30. The van der Waals surface area contributed by atoms with Gasteiger partial charge in [-0.2, -0.15) is 0 Å². The standard InChI is InChI=1S/C13H20.C5H8O3.C5H10O2.C2H6/c1-3-12-10(2)8-9-11-6-4-5-7-13(11)12;6-4-1-2-8-5(7)3-4;1-3-4(2)5(6)7;1-2/h6,8-10,12-13H,3-5,7H2,1-2H3;4,6H,1-3H2;4H,3H2,1-2H3,(H,6,7);1-2H3/t10-,12?,13?;;;/m0.../s1. The van der Waals surface area contributed by atoms with E-state index in [1.165, 1.54) is 25.7 Å². The lowest BCUT2D eigenvalue weighted by atomic mass is 9.69. The molecule has 1 fully saturated rings. The van der Waals surface area contributed by atoms with Gasteiger partial charge in [0.05, 0.1) is 25.0 Å². The monoisotopic (exact) mass is 424 g/mol. The number of aliphatic carboxylic acids is 1. The Kier molecular flexibility index (Phi) is 15.2. The summed E-state index contributed by atoms with van der Waals surface area (Å²) in [5.74, 6) is 1.42. The predicted molar refractivity (Wildman–Crippen MR) is 122 cm³/mol. The van der Waals surface area contributed by atoms with Gasteiger partial charge in [0.25, 0.3) is 0 Å². The first kappa shape index (κ1) is 28.4. The molecule has 0 radical (unpaired) electrons. The molecule has 0 spiro atoms. The molecule has 1 aliphatic heterocycles. The minimum Gasteiger partial charge on any atom is -0.481 e. The van der Waals surface area contributed by atoms with E-state index in [1.807, 2.05) is 20.8 Å². The number of carbonyl (C=O) groups excluding carboxylic acids is 1. The quantitative estimate of drug-likeness (QED) is 0.562. The summed E-state index contributed by atoms with van der Waals surface area (Å²) in [4.78, 5) is 20.2. The summed E-state index contributed by atoms with van der Waals surface area (Å²) in [7, 11) is 0. The van der Waals surface area contributed by atoms with Crippen LogP contribution in [0.1, 0.15) is 86.5 Å². The highest BCUT2D eigenvalue weighted by molar-refractivity contribution is 5.70. The maximum absolute atomic E-state index is 10.3. The maximum Gasteiger partial charge on any atom is 0.308 e. The van der Waals surface area contributed by atoms with Crippen molar-refractivity contribution in [3.63, 3.8) is 0 Å². The fourth-order valence-electron chi connectivity index (χ4n) is 3.84. The summed E-state index contributed by atoms with van der Waals surface area (Å²) in [5.41, 5.74) is 1.64. The number of aliphatic hydroxyl groups is 1. The van der Waals surface area contributed by atoms with Crippen molar-refractivity contribution in [3.8, 4) is 0 Å². The summed E-state index contributed by atoms with van der Waals surface area (Å²) < 4.78 is 4.55. The van der Waals surface area contributed by atoms with Gasteiger partial charge < -0.3 is 14.9 Å². The normalized spacial score (nSPS) is 27.8. The van der Waals surface area contributed by atoms with Crippen molar-refractivity contribution in [2.24, 2.45) is 23.7 Å². The molecule has 4 unspecified atom stereocenters. The van der Waals surface area contributed by atoms with Gasteiger partial charge in [-0.3, -0.25) is 9.59 Å². The first-order valence-corrected chi connectivity index (χ1v) is 11.7. The molecule has 2 N–H and O–H groups in total. The summed E-state index contributed by atoms with van der Waals surface area (Å²) in [6.07, 6.45) is 13.7. The molecule has 2 aliphatic carbocycles. The van der Waals surface area contributed by atoms with Crippen LogP contribution >= 0.6 is 0 Å². The van der Waals surface area contributed by atoms with Crippen molar-refractivity contribution >= 4 is 11.9 Å². The van der Waals surface area contributed by atoms with E-state index in [-0.39, 0.29) is 18.3 Å². The van der Waals surface area contributed by atoms with Crippen LogP contribution < -0.4 is 0 Å². The van der Waals surface area contributed by atoms with E-state index in [9.17, 15) is 9.59 Å². The molecule has 5 nitrogen and oxygen atoms in total. The number of aliphatic hydroxyl groups excluding tert-OH is 1. The van der Waals surface area contributed by atoms with Crippen LogP contribution in [0.3, 0.4) is 0 Å². The fourth-order valence-corrected chi connectivity index (χ4v) is 3.84. The van der Waals surface area contributed by atoms with Gasteiger partial charge in [0.15, 0.2) is 0 Å². The lowest BCUT2D eigenvalue weighted by Crippen LogP contribution is -2.26. The van der Waals surface area contributed by atoms with Crippen LogP contribution in [0.25, 0.3) is 0 Å². The number of ether oxygens (including phenoxy) is 1. The number of fused-ring (bicyclic) bond motifs is 1. The van der Waals surface area contributed by atoms with Crippen LogP contribution in [0.5, 0.6) is 0 Å². The number of carboxylic acid groups (broad SMARTS) is 1. The number of allylic oxidation sites excluding steroid dienone is 4. The van der Waals surface area contributed by atoms with Gasteiger partial charge >= 0.3 is 11.9 Å². The third kappa shape index (κ3) is 10.4. The van der Waals surface area contributed by atoms with Gasteiger partial charge in [-0.1, -0.05) is 66.2 Å². The summed E-state index contributed by atoms with van der Waals surface area (Å²) in [6.45, 7) is 12.6. The van der Waals surface area contributed by atoms with E-state index in [2.05, 4.69) is 36.8 Å². The Morgan fingerprint density at radius 2 is 1.93 bits per heavy atom. The zero-order valence-corrected chi connectivity index (χ0v) is 19.9. The molecule has 174 valence electrons. The second kappa shape index (κ2) is 16.1. The van der Waals surface area contributed by atoms with E-state index >= 15 is 0 Å². The molecule has 30 heavy (non-hydrogen) atoms. The van der Waals surface area contributed by atoms with Crippen LogP contribution in [-0.2, 0) is 14.3 Å². The molecule has 3 rings (SSSR count). The van der Waals surface area contributed by atoms with E-state index in [4.69, 9.17) is 10.2 Å². The Balaban J connectivity index is 0.000000430. The smallest absolute Gasteiger partial charge is 0.308 e. The third-order valence-corrected chi connectivity index (χ3v) is 5.93. The molecule has 0 aromatic heterocycles. The first-order chi connectivity index (χ1) is 14.3. The highest BCUT2D eigenvalue weighted by Crippen LogP contribution is 2.41. The van der Waals surface area contributed by atoms with Gasteiger partial charge in [0, 0.05) is 6.42 Å². The Labute approximate surface area is 183 Å². The molecule has 0 aromatic carbocycles. The summed E-state index contributed by atoms with van der Waals surface area (Å²) in [6, 6.07) is 0. The predicted octanol–water partition coefficient (Wildman–Crippen LogP) is 5.77. The number of hydrogen-bond donors (Lipinski definition) is 2. The van der Waals surface area contributed by atoms with Crippen molar-refractivity contribution in [2.75, 3.05) is 6.61 Å². The summed E-state index contributed by atoms with van der Waals surface area (Å²) in [5, 5.41) is 17.0. The average Bonchev–Trinajstić information content (AvgIpc) is 2.75. The van der Waals surface area contributed by atoms with Crippen LogP contribution in [0.2, 0.25) is 0 Å². The SMILES string of the molecule is CC.CCC(C)C(=O)O.CCC1C2CCCC=C2C=C[C@@H]1C.O=C1CC(O)CCO1. The average molecular weight is 425 g/mol. The molecule has 1 saturated heterocycles. The lowest BCUT2D eigenvalue weighted by Gasteiger charge is -2.36. The molecule has 3 aliphatic rings. The maximum atomic E-state index is 10.3. The Bertz CT molecular complexity index is 552. The second-order valence-electron chi connectivity index (χ2n) is 8.05. The number of rotatable bonds is 3. The topological polar surface area (TPSA) is 83.8 Å². The van der Waals surface area contributed by atoms with Gasteiger partial charge in [0.2, 0.25) is 0 Å². The zero-order valence-electron chi connectivity index (χ0n) is 19.9. The van der Waals surface area contributed by atoms with E-state index in [0.29, 0.717) is 13.0 Å². The molecule has 0 saturated carbocycles. The van der Waals surface area contributed by atoms with E-state index in [1.54, 1.807) is 12.5 Å². The largest absolute Gasteiger partial charge is 0.481 e. The van der Waals surface area contributed by atoms with Crippen molar-refractivity contribution in [1.82, 2.24) is 0 Å². The number of esters is 1. The van der Waals surface area contributed by atoms with E-state index in [0.717, 1.165) is 24.2 Å². The molecular formula is C25H44O5. The van der Waals surface area contributed by atoms with Gasteiger partial charge in [-0.05, 0) is 49.0 Å². The van der Waals surface area contributed by atoms with Crippen molar-refractivity contribution in [3.05, 3.63) is 23.8 Å². The molecule has 5 heteroatoms. The Hall–Kier alpha value is -1.62. The minimum absolute atomic E-state index is 0.167. The minimum atomic E-state index is -0.706. The first-order valence-electron chi connectivity index (χ1n) is 11.7.